The number of rotatable bonds is 5. The Morgan fingerprint density at radius 3 is 2.42 bits per heavy atom. The van der Waals surface area contributed by atoms with Gasteiger partial charge >= 0.3 is 0 Å². The molecule has 2 heteroatoms. The van der Waals surface area contributed by atoms with Crippen LogP contribution in [-0.2, 0) is 0 Å². The highest BCUT2D eigenvalue weighted by Gasteiger charge is 2.08. The molecule has 2 aromatic rings. The molecule has 0 N–H and O–H groups in total. The van der Waals surface area contributed by atoms with Crippen LogP contribution in [-0.4, -0.2) is 6.61 Å². The van der Waals surface area contributed by atoms with Gasteiger partial charge in [-0.3, -0.25) is 0 Å². The SMILES string of the molecule is CCOc1ccc(C(C)C)cc1Sc1ccccc1. The zero-order valence-electron chi connectivity index (χ0n) is 11.7. The minimum absolute atomic E-state index is 0.533. The Morgan fingerprint density at radius 2 is 1.79 bits per heavy atom. The molecule has 2 rings (SSSR count). The van der Waals surface area contributed by atoms with Gasteiger partial charge in [0.05, 0.1) is 11.5 Å². The maximum atomic E-state index is 5.72. The van der Waals surface area contributed by atoms with Gasteiger partial charge in [0.15, 0.2) is 0 Å². The van der Waals surface area contributed by atoms with Crippen LogP contribution < -0.4 is 4.74 Å². The first-order chi connectivity index (χ1) is 9.20. The zero-order chi connectivity index (χ0) is 13.7. The molecule has 0 heterocycles. The summed E-state index contributed by atoms with van der Waals surface area (Å²) in [5.74, 6) is 1.51. The van der Waals surface area contributed by atoms with E-state index in [0.29, 0.717) is 12.5 Å². The van der Waals surface area contributed by atoms with Crippen molar-refractivity contribution in [1.29, 1.82) is 0 Å². The van der Waals surface area contributed by atoms with Crippen molar-refractivity contribution < 1.29 is 4.74 Å². The Hall–Kier alpha value is -1.41. The highest BCUT2D eigenvalue weighted by Crippen LogP contribution is 2.36. The summed E-state index contributed by atoms with van der Waals surface area (Å²) in [6, 6.07) is 16.9. The zero-order valence-corrected chi connectivity index (χ0v) is 12.5. The van der Waals surface area contributed by atoms with Crippen LogP contribution >= 0.6 is 11.8 Å². The van der Waals surface area contributed by atoms with Crippen LogP contribution in [0.1, 0.15) is 32.3 Å². The van der Waals surface area contributed by atoms with Crippen LogP contribution in [0.25, 0.3) is 0 Å². The van der Waals surface area contributed by atoms with E-state index in [-0.39, 0.29) is 0 Å². The van der Waals surface area contributed by atoms with Gasteiger partial charge in [-0.05, 0) is 42.7 Å². The minimum Gasteiger partial charge on any atom is -0.493 e. The van der Waals surface area contributed by atoms with Crippen molar-refractivity contribution >= 4 is 11.8 Å². The molecule has 19 heavy (non-hydrogen) atoms. The monoisotopic (exact) mass is 272 g/mol. The first-order valence-corrected chi connectivity index (χ1v) is 7.52. The van der Waals surface area contributed by atoms with E-state index in [1.165, 1.54) is 15.4 Å². The Labute approximate surface area is 120 Å². The Kier molecular flexibility index (Phi) is 4.92. The summed E-state index contributed by atoms with van der Waals surface area (Å²) in [6.45, 7) is 7.15. The van der Waals surface area contributed by atoms with Gasteiger partial charge in [-0.15, -0.1) is 0 Å². The molecule has 100 valence electrons. The molecule has 1 nitrogen and oxygen atoms in total. The molecular formula is C17H20OS. The summed E-state index contributed by atoms with van der Waals surface area (Å²) in [5.41, 5.74) is 1.35. The smallest absolute Gasteiger partial charge is 0.133 e. The van der Waals surface area contributed by atoms with Gasteiger partial charge in [0.1, 0.15) is 5.75 Å². The fourth-order valence-corrected chi connectivity index (χ4v) is 2.82. The maximum absolute atomic E-state index is 5.72. The van der Waals surface area contributed by atoms with Crippen LogP contribution in [0.15, 0.2) is 58.3 Å². The molecular weight excluding hydrogens is 252 g/mol. The van der Waals surface area contributed by atoms with E-state index in [4.69, 9.17) is 4.74 Å². The Bertz CT molecular complexity index is 520. The van der Waals surface area contributed by atoms with E-state index in [0.717, 1.165) is 5.75 Å². The molecule has 0 radical (unpaired) electrons. The predicted octanol–water partition coefficient (Wildman–Crippen LogP) is 5.36. The number of hydrogen-bond acceptors (Lipinski definition) is 2. The van der Waals surface area contributed by atoms with Crippen LogP contribution in [0.2, 0.25) is 0 Å². The standard InChI is InChI=1S/C17H20OS/c1-4-18-16-11-10-14(13(2)3)12-17(16)19-15-8-6-5-7-9-15/h5-13H,4H2,1-3H3. The molecule has 0 unspecified atom stereocenters. The fourth-order valence-electron chi connectivity index (χ4n) is 1.85. The lowest BCUT2D eigenvalue weighted by Crippen LogP contribution is -1.95. The average molecular weight is 272 g/mol. The maximum Gasteiger partial charge on any atom is 0.133 e. The van der Waals surface area contributed by atoms with Gasteiger partial charge in [-0.1, -0.05) is 49.9 Å². The normalized spacial score (nSPS) is 10.7. The number of ether oxygens (including phenoxy) is 1. The minimum atomic E-state index is 0.533. The first-order valence-electron chi connectivity index (χ1n) is 6.70. The van der Waals surface area contributed by atoms with E-state index in [9.17, 15) is 0 Å². The highest BCUT2D eigenvalue weighted by molar-refractivity contribution is 7.99. The third kappa shape index (κ3) is 3.77. The Balaban J connectivity index is 2.32. The average Bonchev–Trinajstić information content (AvgIpc) is 2.42. The molecule has 0 aromatic heterocycles. The Morgan fingerprint density at radius 1 is 1.05 bits per heavy atom. The molecule has 0 aliphatic rings. The molecule has 2 aromatic carbocycles. The van der Waals surface area contributed by atoms with Gasteiger partial charge in [0.25, 0.3) is 0 Å². The molecule has 0 bridgehead atoms. The summed E-state index contributed by atoms with van der Waals surface area (Å²) in [5, 5.41) is 0. The van der Waals surface area contributed by atoms with Crippen LogP contribution in [0.4, 0.5) is 0 Å². The third-order valence-electron chi connectivity index (χ3n) is 2.91. The van der Waals surface area contributed by atoms with Crippen LogP contribution in [0.5, 0.6) is 5.75 Å². The molecule has 0 saturated carbocycles. The lowest BCUT2D eigenvalue weighted by atomic mass is 10.0. The van der Waals surface area contributed by atoms with Crippen molar-refractivity contribution in [2.45, 2.75) is 36.5 Å². The summed E-state index contributed by atoms with van der Waals surface area (Å²) < 4.78 is 5.72. The molecule has 0 aliphatic heterocycles. The van der Waals surface area contributed by atoms with Crippen molar-refractivity contribution in [3.63, 3.8) is 0 Å². The van der Waals surface area contributed by atoms with E-state index in [1.54, 1.807) is 11.8 Å². The van der Waals surface area contributed by atoms with E-state index >= 15 is 0 Å². The number of benzene rings is 2. The van der Waals surface area contributed by atoms with E-state index in [2.05, 4.69) is 56.3 Å². The first kappa shape index (κ1) is 14.0. The topological polar surface area (TPSA) is 9.23 Å². The second-order valence-electron chi connectivity index (χ2n) is 4.71. The predicted molar refractivity (Wildman–Crippen MR) is 82.3 cm³/mol. The lowest BCUT2D eigenvalue weighted by Gasteiger charge is -2.13. The molecule has 0 fully saturated rings. The molecule has 0 spiro atoms. The van der Waals surface area contributed by atoms with Crippen LogP contribution in [0.3, 0.4) is 0 Å². The molecule has 0 aliphatic carbocycles. The second-order valence-corrected chi connectivity index (χ2v) is 5.82. The van der Waals surface area contributed by atoms with Crippen molar-refractivity contribution in [2.75, 3.05) is 6.61 Å². The lowest BCUT2D eigenvalue weighted by molar-refractivity contribution is 0.332. The van der Waals surface area contributed by atoms with Crippen LogP contribution in [0, 0.1) is 0 Å². The largest absolute Gasteiger partial charge is 0.493 e. The highest BCUT2D eigenvalue weighted by atomic mass is 32.2. The van der Waals surface area contributed by atoms with Crippen molar-refractivity contribution in [2.24, 2.45) is 0 Å². The molecule has 0 amide bonds. The van der Waals surface area contributed by atoms with Crippen molar-refractivity contribution in [3.8, 4) is 5.75 Å². The third-order valence-corrected chi connectivity index (χ3v) is 3.95. The summed E-state index contributed by atoms with van der Waals surface area (Å²) in [4.78, 5) is 2.43. The number of hydrogen-bond donors (Lipinski definition) is 0. The quantitative estimate of drug-likeness (QED) is 0.724. The van der Waals surface area contributed by atoms with Gasteiger partial charge in [-0.2, -0.15) is 0 Å². The summed E-state index contributed by atoms with van der Waals surface area (Å²) >= 11 is 1.76. The van der Waals surface area contributed by atoms with E-state index < -0.39 is 0 Å². The second kappa shape index (κ2) is 6.67. The van der Waals surface area contributed by atoms with Gasteiger partial charge in [0.2, 0.25) is 0 Å². The summed E-state index contributed by atoms with van der Waals surface area (Å²) in [7, 11) is 0. The van der Waals surface area contributed by atoms with Crippen molar-refractivity contribution in [1.82, 2.24) is 0 Å². The molecule has 0 saturated heterocycles. The van der Waals surface area contributed by atoms with Crippen molar-refractivity contribution in [3.05, 3.63) is 54.1 Å². The van der Waals surface area contributed by atoms with Gasteiger partial charge in [-0.25, -0.2) is 0 Å². The van der Waals surface area contributed by atoms with Gasteiger partial charge < -0.3 is 4.74 Å². The van der Waals surface area contributed by atoms with Gasteiger partial charge in [0, 0.05) is 4.90 Å². The van der Waals surface area contributed by atoms with E-state index in [1.807, 2.05) is 13.0 Å². The fraction of sp³-hybridized carbons (Fsp3) is 0.294. The summed E-state index contributed by atoms with van der Waals surface area (Å²) in [6.07, 6.45) is 0. The molecule has 0 atom stereocenters.